The van der Waals surface area contributed by atoms with E-state index in [9.17, 15) is 0 Å². The molecule has 0 aliphatic rings. The summed E-state index contributed by atoms with van der Waals surface area (Å²) in [5.74, 6) is 1.10. The van der Waals surface area contributed by atoms with Gasteiger partial charge >= 0.3 is 0 Å². The van der Waals surface area contributed by atoms with Crippen molar-refractivity contribution in [3.05, 3.63) is 59.9 Å². The van der Waals surface area contributed by atoms with Gasteiger partial charge in [0.05, 0.1) is 11.0 Å². The van der Waals surface area contributed by atoms with Gasteiger partial charge in [-0.05, 0) is 42.8 Å². The maximum atomic E-state index is 5.60. The number of aryl methyl sites for hydroxylation is 1. The first-order chi connectivity index (χ1) is 9.83. The van der Waals surface area contributed by atoms with E-state index in [0.29, 0.717) is 6.54 Å². The average Bonchev–Trinajstić information content (AvgIpc) is 2.87. The molecule has 0 bridgehead atoms. The number of imidazole rings is 1. The third-order valence-corrected chi connectivity index (χ3v) is 3.57. The van der Waals surface area contributed by atoms with Crippen LogP contribution in [0, 0.1) is 0 Å². The van der Waals surface area contributed by atoms with Gasteiger partial charge in [-0.25, -0.2) is 4.98 Å². The van der Waals surface area contributed by atoms with Crippen LogP contribution in [0.15, 0.2) is 48.5 Å². The van der Waals surface area contributed by atoms with Crippen molar-refractivity contribution in [3.63, 3.8) is 0 Å². The molecule has 2 N–H and O–H groups in total. The first kappa shape index (κ1) is 12.9. The molecular weight excluding hydrogens is 246 g/mol. The molecule has 0 aliphatic heterocycles. The number of hydrogen-bond donors (Lipinski definition) is 1. The number of nitrogens with two attached hydrogens (primary N) is 1. The van der Waals surface area contributed by atoms with Gasteiger partial charge in [0.25, 0.3) is 0 Å². The molecule has 3 heteroatoms. The van der Waals surface area contributed by atoms with Crippen molar-refractivity contribution in [2.75, 3.05) is 6.54 Å². The first-order valence-electron chi connectivity index (χ1n) is 7.09. The molecule has 0 saturated heterocycles. The Hall–Kier alpha value is -2.13. The Morgan fingerprint density at radius 2 is 1.80 bits per heavy atom. The molecular formula is C17H19N3. The van der Waals surface area contributed by atoms with Gasteiger partial charge in [-0.2, -0.15) is 0 Å². The Bertz CT molecular complexity index is 711. The van der Waals surface area contributed by atoms with Gasteiger partial charge in [0.1, 0.15) is 5.82 Å². The van der Waals surface area contributed by atoms with Crippen LogP contribution in [0.2, 0.25) is 0 Å². The standard InChI is InChI=1S/C17H19N3/c1-2-17-19-15-5-3-4-6-16(15)20(17)14-9-7-13(8-10-14)11-12-18/h3-10H,2,11-12,18H2,1H3. The zero-order valence-corrected chi connectivity index (χ0v) is 11.7. The summed E-state index contributed by atoms with van der Waals surface area (Å²) >= 11 is 0. The first-order valence-corrected chi connectivity index (χ1v) is 7.09. The third kappa shape index (κ3) is 2.21. The lowest BCUT2D eigenvalue weighted by molar-refractivity contribution is 0.905. The van der Waals surface area contributed by atoms with E-state index in [0.717, 1.165) is 35.4 Å². The number of rotatable bonds is 4. The van der Waals surface area contributed by atoms with Gasteiger partial charge in [-0.3, -0.25) is 4.57 Å². The molecule has 2 aromatic carbocycles. The molecule has 0 unspecified atom stereocenters. The second kappa shape index (κ2) is 5.47. The van der Waals surface area contributed by atoms with Gasteiger partial charge in [0.2, 0.25) is 0 Å². The zero-order valence-electron chi connectivity index (χ0n) is 11.7. The van der Waals surface area contributed by atoms with Crippen LogP contribution >= 0.6 is 0 Å². The van der Waals surface area contributed by atoms with Gasteiger partial charge in [0, 0.05) is 12.1 Å². The molecule has 3 aromatic rings. The van der Waals surface area contributed by atoms with Crippen LogP contribution in [-0.2, 0) is 12.8 Å². The minimum Gasteiger partial charge on any atom is -0.330 e. The number of aromatic nitrogens is 2. The van der Waals surface area contributed by atoms with Crippen molar-refractivity contribution in [1.82, 2.24) is 9.55 Å². The lowest BCUT2D eigenvalue weighted by Gasteiger charge is -2.09. The fraction of sp³-hybridized carbons (Fsp3) is 0.235. The number of nitrogens with zero attached hydrogens (tertiary/aromatic N) is 2. The smallest absolute Gasteiger partial charge is 0.114 e. The van der Waals surface area contributed by atoms with Crippen LogP contribution in [0.1, 0.15) is 18.3 Å². The van der Waals surface area contributed by atoms with Gasteiger partial charge in [-0.1, -0.05) is 31.2 Å². The summed E-state index contributed by atoms with van der Waals surface area (Å²) in [7, 11) is 0. The van der Waals surface area contributed by atoms with Crippen molar-refractivity contribution >= 4 is 11.0 Å². The van der Waals surface area contributed by atoms with Gasteiger partial charge in [0.15, 0.2) is 0 Å². The number of para-hydroxylation sites is 2. The molecule has 0 saturated carbocycles. The molecule has 0 spiro atoms. The molecule has 0 radical (unpaired) electrons. The molecule has 0 aliphatic carbocycles. The Balaban J connectivity index is 2.12. The predicted octanol–water partition coefficient (Wildman–Crippen LogP) is 3.09. The van der Waals surface area contributed by atoms with E-state index in [1.54, 1.807) is 0 Å². The molecule has 102 valence electrons. The highest BCUT2D eigenvalue weighted by atomic mass is 15.1. The SMILES string of the molecule is CCc1nc2ccccc2n1-c1ccc(CCN)cc1. The van der Waals surface area contributed by atoms with Crippen LogP contribution in [0.25, 0.3) is 16.7 Å². The summed E-state index contributed by atoms with van der Waals surface area (Å²) < 4.78 is 2.24. The number of fused-ring (bicyclic) bond motifs is 1. The van der Waals surface area contributed by atoms with Crippen LogP contribution in [0.5, 0.6) is 0 Å². The van der Waals surface area contributed by atoms with E-state index in [2.05, 4.69) is 54.0 Å². The highest BCUT2D eigenvalue weighted by Crippen LogP contribution is 2.22. The van der Waals surface area contributed by atoms with E-state index in [-0.39, 0.29) is 0 Å². The average molecular weight is 265 g/mol. The summed E-state index contributed by atoms with van der Waals surface area (Å²) in [6.07, 6.45) is 1.84. The Morgan fingerprint density at radius 3 is 2.50 bits per heavy atom. The maximum absolute atomic E-state index is 5.60. The molecule has 0 fully saturated rings. The summed E-state index contributed by atoms with van der Waals surface area (Å²) in [4.78, 5) is 4.71. The Labute approximate surface area is 119 Å². The van der Waals surface area contributed by atoms with E-state index < -0.39 is 0 Å². The second-order valence-electron chi connectivity index (χ2n) is 4.91. The van der Waals surface area contributed by atoms with Crippen LogP contribution in [0.3, 0.4) is 0 Å². The van der Waals surface area contributed by atoms with Crippen molar-refractivity contribution in [2.45, 2.75) is 19.8 Å². The quantitative estimate of drug-likeness (QED) is 0.787. The van der Waals surface area contributed by atoms with E-state index in [1.807, 2.05) is 6.07 Å². The summed E-state index contributed by atoms with van der Waals surface area (Å²) in [6, 6.07) is 16.9. The van der Waals surface area contributed by atoms with E-state index in [4.69, 9.17) is 10.7 Å². The minimum absolute atomic E-state index is 0.688. The third-order valence-electron chi connectivity index (χ3n) is 3.57. The lowest BCUT2D eigenvalue weighted by atomic mass is 10.1. The Morgan fingerprint density at radius 1 is 1.05 bits per heavy atom. The monoisotopic (exact) mass is 265 g/mol. The summed E-state index contributed by atoms with van der Waals surface area (Å²) in [5.41, 5.74) is 10.3. The van der Waals surface area contributed by atoms with Crippen molar-refractivity contribution < 1.29 is 0 Å². The minimum atomic E-state index is 0.688. The molecule has 3 nitrogen and oxygen atoms in total. The Kier molecular flexibility index (Phi) is 3.52. The van der Waals surface area contributed by atoms with Crippen LogP contribution < -0.4 is 5.73 Å². The highest BCUT2D eigenvalue weighted by Gasteiger charge is 2.10. The lowest BCUT2D eigenvalue weighted by Crippen LogP contribution is -2.03. The van der Waals surface area contributed by atoms with Crippen molar-refractivity contribution in [2.24, 2.45) is 5.73 Å². The van der Waals surface area contributed by atoms with Gasteiger partial charge in [-0.15, -0.1) is 0 Å². The maximum Gasteiger partial charge on any atom is 0.114 e. The largest absolute Gasteiger partial charge is 0.330 e. The molecule has 1 heterocycles. The van der Waals surface area contributed by atoms with Crippen molar-refractivity contribution in [1.29, 1.82) is 0 Å². The highest BCUT2D eigenvalue weighted by molar-refractivity contribution is 5.78. The van der Waals surface area contributed by atoms with Crippen LogP contribution in [0.4, 0.5) is 0 Å². The van der Waals surface area contributed by atoms with Crippen molar-refractivity contribution in [3.8, 4) is 5.69 Å². The number of hydrogen-bond acceptors (Lipinski definition) is 2. The fourth-order valence-electron chi connectivity index (χ4n) is 2.58. The zero-order chi connectivity index (χ0) is 13.9. The summed E-state index contributed by atoms with van der Waals surface area (Å²) in [5, 5.41) is 0. The van der Waals surface area contributed by atoms with E-state index >= 15 is 0 Å². The summed E-state index contributed by atoms with van der Waals surface area (Å²) in [6.45, 7) is 2.83. The van der Waals surface area contributed by atoms with E-state index in [1.165, 1.54) is 5.56 Å². The topological polar surface area (TPSA) is 43.8 Å². The molecule has 0 amide bonds. The van der Waals surface area contributed by atoms with Crippen LogP contribution in [-0.4, -0.2) is 16.1 Å². The van der Waals surface area contributed by atoms with Gasteiger partial charge < -0.3 is 5.73 Å². The molecule has 20 heavy (non-hydrogen) atoms. The molecule has 1 aromatic heterocycles. The number of benzene rings is 2. The molecule has 3 rings (SSSR count). The normalized spacial score (nSPS) is 11.1. The molecule has 0 atom stereocenters. The predicted molar refractivity (Wildman–Crippen MR) is 83.2 cm³/mol. The second-order valence-corrected chi connectivity index (χ2v) is 4.91. The fourth-order valence-corrected chi connectivity index (χ4v) is 2.58.